The minimum Gasteiger partial charge on any atom is -0.362 e. The maximum atomic E-state index is 13.2. The first kappa shape index (κ1) is 17.4. The van der Waals surface area contributed by atoms with Gasteiger partial charge in [0.1, 0.15) is 11.6 Å². The van der Waals surface area contributed by atoms with Crippen molar-refractivity contribution in [2.24, 2.45) is 0 Å². The van der Waals surface area contributed by atoms with Gasteiger partial charge in [0.25, 0.3) is 0 Å². The Labute approximate surface area is 149 Å². The molecule has 5 nitrogen and oxygen atoms in total. The summed E-state index contributed by atoms with van der Waals surface area (Å²) in [6.45, 7) is 5.31. The van der Waals surface area contributed by atoms with Crippen molar-refractivity contribution in [3.8, 4) is 0 Å². The first-order valence-corrected chi connectivity index (χ1v) is 8.88. The number of rotatable bonds is 4. The summed E-state index contributed by atoms with van der Waals surface area (Å²) >= 11 is 0. The summed E-state index contributed by atoms with van der Waals surface area (Å²) in [5.74, 6) is 1.83. The summed E-state index contributed by atoms with van der Waals surface area (Å²) in [6.07, 6.45) is 1.59. The number of carbonyl (C=O) groups is 1. The molecule has 1 aromatic carbocycles. The van der Waals surface area contributed by atoms with Gasteiger partial charge in [-0.1, -0.05) is 37.3 Å². The van der Waals surface area contributed by atoms with Gasteiger partial charge in [-0.25, -0.2) is 9.97 Å². The smallest absolute Gasteiger partial charge is 0.230 e. The first-order chi connectivity index (χ1) is 12.0. The van der Waals surface area contributed by atoms with Crippen molar-refractivity contribution in [1.29, 1.82) is 0 Å². The number of aromatic nitrogens is 2. The molecular formula is C20H26N4O. The summed E-state index contributed by atoms with van der Waals surface area (Å²) in [5, 5.41) is 0. The Hall–Kier alpha value is -2.43. The fraction of sp³-hybridized carbons (Fsp3) is 0.450. The van der Waals surface area contributed by atoms with Crippen LogP contribution in [0.25, 0.3) is 0 Å². The van der Waals surface area contributed by atoms with Crippen LogP contribution in [0.1, 0.15) is 41.9 Å². The number of aryl methyl sites for hydroxylation is 1. The number of hydrogen-bond acceptors (Lipinski definition) is 4. The van der Waals surface area contributed by atoms with Gasteiger partial charge in [-0.3, -0.25) is 4.79 Å². The number of anilines is 1. The van der Waals surface area contributed by atoms with Crippen molar-refractivity contribution in [3.63, 3.8) is 0 Å². The lowest BCUT2D eigenvalue weighted by Crippen LogP contribution is -2.40. The molecule has 1 atom stereocenters. The van der Waals surface area contributed by atoms with Crippen LogP contribution in [0.4, 0.5) is 5.82 Å². The van der Waals surface area contributed by atoms with Crippen molar-refractivity contribution < 1.29 is 4.79 Å². The van der Waals surface area contributed by atoms with E-state index in [0.29, 0.717) is 6.54 Å². The zero-order valence-electron chi connectivity index (χ0n) is 15.5. The van der Waals surface area contributed by atoms with Crippen LogP contribution in [0.3, 0.4) is 0 Å². The van der Waals surface area contributed by atoms with E-state index in [0.717, 1.165) is 47.8 Å². The molecule has 0 fully saturated rings. The molecule has 0 spiro atoms. The van der Waals surface area contributed by atoms with E-state index in [4.69, 9.17) is 0 Å². The Morgan fingerprint density at radius 1 is 1.24 bits per heavy atom. The summed E-state index contributed by atoms with van der Waals surface area (Å²) in [6, 6.07) is 10.1. The maximum Gasteiger partial charge on any atom is 0.230 e. The van der Waals surface area contributed by atoms with E-state index in [-0.39, 0.29) is 11.8 Å². The zero-order valence-corrected chi connectivity index (χ0v) is 15.5. The second-order valence-corrected chi connectivity index (χ2v) is 6.80. The van der Waals surface area contributed by atoms with Crippen LogP contribution in [0, 0.1) is 6.92 Å². The van der Waals surface area contributed by atoms with Gasteiger partial charge in [0.2, 0.25) is 5.91 Å². The highest BCUT2D eigenvalue weighted by Gasteiger charge is 2.30. The van der Waals surface area contributed by atoms with Gasteiger partial charge in [0.15, 0.2) is 0 Å². The van der Waals surface area contributed by atoms with E-state index in [9.17, 15) is 4.79 Å². The predicted octanol–water partition coefficient (Wildman–Crippen LogP) is 2.93. The van der Waals surface area contributed by atoms with E-state index >= 15 is 0 Å². The topological polar surface area (TPSA) is 49.3 Å². The summed E-state index contributed by atoms with van der Waals surface area (Å²) in [4.78, 5) is 26.3. The van der Waals surface area contributed by atoms with Gasteiger partial charge in [-0.15, -0.1) is 0 Å². The normalized spacial score (nSPS) is 14.8. The number of fused-ring (bicyclic) bond motifs is 1. The minimum absolute atomic E-state index is 0.0862. The lowest BCUT2D eigenvalue weighted by atomic mass is 9.93. The molecule has 0 radical (unpaired) electrons. The van der Waals surface area contributed by atoms with Crippen LogP contribution in [0.5, 0.6) is 0 Å². The average molecular weight is 338 g/mol. The molecule has 0 bridgehead atoms. The van der Waals surface area contributed by atoms with E-state index in [1.54, 1.807) is 0 Å². The van der Waals surface area contributed by atoms with Gasteiger partial charge >= 0.3 is 0 Å². The standard InChI is InChI=1S/C20H26N4O/c1-5-16(15-9-7-6-8-10-15)20(25)24-12-11-18-17(13-24)19(23(3)4)22-14(2)21-18/h6-10,16H,5,11-13H2,1-4H3/t16-/m0/s1. The van der Waals surface area contributed by atoms with Crippen LogP contribution in [0.2, 0.25) is 0 Å². The zero-order chi connectivity index (χ0) is 18.0. The van der Waals surface area contributed by atoms with Crippen molar-refractivity contribution in [2.75, 3.05) is 25.5 Å². The number of hydrogen-bond donors (Lipinski definition) is 0. The third-order valence-corrected chi connectivity index (χ3v) is 4.79. The SMILES string of the molecule is CC[C@H](C(=O)N1CCc2nc(C)nc(N(C)C)c2C1)c1ccccc1. The molecule has 2 heterocycles. The number of benzene rings is 1. The van der Waals surface area contributed by atoms with Gasteiger partial charge in [0, 0.05) is 32.6 Å². The Kier molecular flexibility index (Phi) is 5.02. The molecule has 1 aliphatic heterocycles. The second kappa shape index (κ2) is 7.21. The minimum atomic E-state index is -0.0862. The molecule has 1 aromatic heterocycles. The van der Waals surface area contributed by atoms with Crippen LogP contribution >= 0.6 is 0 Å². The third kappa shape index (κ3) is 3.50. The molecule has 0 aliphatic carbocycles. The molecule has 0 N–H and O–H groups in total. The fourth-order valence-electron chi connectivity index (χ4n) is 3.53. The molecular weight excluding hydrogens is 312 g/mol. The van der Waals surface area contributed by atoms with E-state index in [1.165, 1.54) is 0 Å². The molecule has 25 heavy (non-hydrogen) atoms. The third-order valence-electron chi connectivity index (χ3n) is 4.79. The predicted molar refractivity (Wildman–Crippen MR) is 99.7 cm³/mol. The van der Waals surface area contributed by atoms with E-state index in [2.05, 4.69) is 16.9 Å². The quantitative estimate of drug-likeness (QED) is 0.860. The van der Waals surface area contributed by atoms with Crippen molar-refractivity contribution in [1.82, 2.24) is 14.9 Å². The molecule has 0 saturated carbocycles. The molecule has 0 saturated heterocycles. The highest BCUT2D eigenvalue weighted by atomic mass is 16.2. The highest BCUT2D eigenvalue weighted by Crippen LogP contribution is 2.29. The van der Waals surface area contributed by atoms with Crippen molar-refractivity contribution >= 4 is 11.7 Å². The lowest BCUT2D eigenvalue weighted by Gasteiger charge is -2.33. The van der Waals surface area contributed by atoms with E-state index < -0.39 is 0 Å². The molecule has 3 rings (SSSR count). The molecule has 1 amide bonds. The summed E-state index contributed by atoms with van der Waals surface area (Å²) in [7, 11) is 3.98. The Morgan fingerprint density at radius 2 is 1.96 bits per heavy atom. The van der Waals surface area contributed by atoms with Crippen molar-refractivity contribution in [2.45, 2.75) is 39.2 Å². The van der Waals surface area contributed by atoms with Gasteiger partial charge < -0.3 is 9.80 Å². The Morgan fingerprint density at radius 3 is 2.60 bits per heavy atom. The number of nitrogens with zero attached hydrogens (tertiary/aromatic N) is 4. The summed E-state index contributed by atoms with van der Waals surface area (Å²) < 4.78 is 0. The Bertz CT molecular complexity index is 758. The van der Waals surface area contributed by atoms with E-state index in [1.807, 2.05) is 61.2 Å². The highest BCUT2D eigenvalue weighted by molar-refractivity contribution is 5.84. The maximum absolute atomic E-state index is 13.2. The number of amides is 1. The number of carbonyl (C=O) groups excluding carboxylic acids is 1. The fourth-order valence-corrected chi connectivity index (χ4v) is 3.53. The summed E-state index contributed by atoms with van der Waals surface area (Å²) in [5.41, 5.74) is 3.25. The molecule has 2 aromatic rings. The van der Waals surface area contributed by atoms with Crippen LogP contribution in [-0.2, 0) is 17.8 Å². The van der Waals surface area contributed by atoms with Crippen LogP contribution < -0.4 is 4.90 Å². The van der Waals surface area contributed by atoms with Gasteiger partial charge in [-0.2, -0.15) is 0 Å². The monoisotopic (exact) mass is 338 g/mol. The van der Waals surface area contributed by atoms with Gasteiger partial charge in [0.05, 0.1) is 18.2 Å². The van der Waals surface area contributed by atoms with Crippen molar-refractivity contribution in [3.05, 3.63) is 53.0 Å². The van der Waals surface area contributed by atoms with Crippen LogP contribution in [0.15, 0.2) is 30.3 Å². The van der Waals surface area contributed by atoms with Crippen LogP contribution in [-0.4, -0.2) is 41.4 Å². The largest absolute Gasteiger partial charge is 0.362 e. The second-order valence-electron chi connectivity index (χ2n) is 6.80. The molecule has 5 heteroatoms. The molecule has 1 aliphatic rings. The van der Waals surface area contributed by atoms with Gasteiger partial charge in [-0.05, 0) is 18.9 Å². The Balaban J connectivity index is 1.88. The first-order valence-electron chi connectivity index (χ1n) is 8.88. The molecule has 132 valence electrons. The lowest BCUT2D eigenvalue weighted by molar-refractivity contribution is -0.133. The molecule has 0 unspecified atom stereocenters. The average Bonchev–Trinajstić information content (AvgIpc) is 2.62.